The number of nitrogens with zero attached hydrogens (tertiary/aromatic N) is 1. The molecule has 1 heterocycles. The summed E-state index contributed by atoms with van der Waals surface area (Å²) in [5.41, 5.74) is -0.0436. The van der Waals surface area contributed by atoms with Gasteiger partial charge in [-0.2, -0.15) is 0 Å². The summed E-state index contributed by atoms with van der Waals surface area (Å²) >= 11 is 3.02. The first kappa shape index (κ1) is 12.9. The Labute approximate surface area is 110 Å². The van der Waals surface area contributed by atoms with Gasteiger partial charge >= 0.3 is 0 Å². The average Bonchev–Trinajstić information content (AvgIpc) is 2.43. The van der Waals surface area contributed by atoms with Crippen molar-refractivity contribution < 1.29 is 18.4 Å². The van der Waals surface area contributed by atoms with Crippen molar-refractivity contribution in [1.82, 2.24) is 5.32 Å². The van der Waals surface area contributed by atoms with Gasteiger partial charge in [0.2, 0.25) is 11.8 Å². The van der Waals surface area contributed by atoms with E-state index in [-0.39, 0.29) is 35.6 Å². The van der Waals surface area contributed by atoms with Gasteiger partial charge in [-0.05, 0) is 22.0 Å². The molecule has 0 aromatic heterocycles. The molecule has 1 aromatic carbocycles. The van der Waals surface area contributed by atoms with Gasteiger partial charge in [-0.3, -0.25) is 9.59 Å². The van der Waals surface area contributed by atoms with Crippen LogP contribution in [0.15, 0.2) is 16.6 Å². The van der Waals surface area contributed by atoms with Crippen LogP contribution in [-0.2, 0) is 9.59 Å². The van der Waals surface area contributed by atoms with Gasteiger partial charge < -0.3 is 10.2 Å². The molecule has 0 aliphatic carbocycles. The summed E-state index contributed by atoms with van der Waals surface area (Å²) in [6.07, 6.45) is 0.0784. The number of nitrogens with one attached hydrogen (secondary N) is 1. The molecule has 2 rings (SSSR count). The van der Waals surface area contributed by atoms with Crippen LogP contribution in [0.1, 0.15) is 6.42 Å². The number of halogens is 3. The third-order valence-electron chi connectivity index (χ3n) is 2.55. The highest BCUT2D eigenvalue weighted by molar-refractivity contribution is 9.10. The monoisotopic (exact) mass is 318 g/mol. The van der Waals surface area contributed by atoms with Crippen molar-refractivity contribution in [3.05, 3.63) is 28.2 Å². The molecule has 18 heavy (non-hydrogen) atoms. The van der Waals surface area contributed by atoms with Gasteiger partial charge in [0.05, 0.1) is 12.2 Å². The van der Waals surface area contributed by atoms with Crippen molar-refractivity contribution in [3.63, 3.8) is 0 Å². The van der Waals surface area contributed by atoms with Crippen LogP contribution in [0.25, 0.3) is 0 Å². The lowest BCUT2D eigenvalue weighted by Gasteiger charge is -2.21. The van der Waals surface area contributed by atoms with E-state index in [1.54, 1.807) is 0 Å². The quantitative estimate of drug-likeness (QED) is 0.854. The Morgan fingerprint density at radius 3 is 2.67 bits per heavy atom. The summed E-state index contributed by atoms with van der Waals surface area (Å²) in [6, 6.07) is 1.78. The molecular formula is C11H9BrF2N2O2. The molecule has 0 spiro atoms. The Kier molecular flexibility index (Phi) is 3.60. The van der Waals surface area contributed by atoms with Crippen LogP contribution in [0.4, 0.5) is 14.5 Å². The van der Waals surface area contributed by atoms with E-state index in [0.29, 0.717) is 6.07 Å². The minimum atomic E-state index is -0.843. The van der Waals surface area contributed by atoms with Gasteiger partial charge in [0.15, 0.2) is 5.82 Å². The minimum Gasteiger partial charge on any atom is -0.347 e. The largest absolute Gasteiger partial charge is 0.347 e. The SMILES string of the molecule is O=C1CCN(c2c(F)cc(F)cc2Br)C(=O)CN1. The maximum Gasteiger partial charge on any atom is 0.246 e. The summed E-state index contributed by atoms with van der Waals surface area (Å²) in [7, 11) is 0. The molecule has 1 aromatic rings. The van der Waals surface area contributed by atoms with Crippen molar-refractivity contribution in [2.24, 2.45) is 0 Å². The maximum absolute atomic E-state index is 13.7. The molecule has 1 aliphatic heterocycles. The van der Waals surface area contributed by atoms with Gasteiger partial charge in [0.1, 0.15) is 5.82 Å². The van der Waals surface area contributed by atoms with Crippen molar-refractivity contribution in [3.8, 4) is 0 Å². The number of hydrogen-bond acceptors (Lipinski definition) is 2. The zero-order valence-corrected chi connectivity index (χ0v) is 10.8. The predicted octanol–water partition coefficient (Wildman–Crippen LogP) is 1.58. The Morgan fingerprint density at radius 2 is 2.00 bits per heavy atom. The normalized spacial score (nSPS) is 16.5. The van der Waals surface area contributed by atoms with Crippen LogP contribution in [0.3, 0.4) is 0 Å². The summed E-state index contributed by atoms with van der Waals surface area (Å²) in [4.78, 5) is 24.1. The van der Waals surface area contributed by atoms with Crippen LogP contribution >= 0.6 is 15.9 Å². The van der Waals surface area contributed by atoms with Crippen LogP contribution in [0, 0.1) is 11.6 Å². The Morgan fingerprint density at radius 1 is 1.28 bits per heavy atom. The molecule has 0 radical (unpaired) electrons. The fourth-order valence-corrected chi connectivity index (χ4v) is 2.35. The third kappa shape index (κ3) is 2.50. The Hall–Kier alpha value is -1.50. The molecule has 1 fully saturated rings. The summed E-state index contributed by atoms with van der Waals surface area (Å²) in [5, 5.41) is 2.40. The second-order valence-corrected chi connectivity index (χ2v) is 4.64. The number of hydrogen-bond donors (Lipinski definition) is 1. The van der Waals surface area contributed by atoms with Crippen molar-refractivity contribution in [1.29, 1.82) is 0 Å². The number of benzene rings is 1. The third-order valence-corrected chi connectivity index (χ3v) is 3.16. The van der Waals surface area contributed by atoms with E-state index in [9.17, 15) is 18.4 Å². The average molecular weight is 319 g/mol. The van der Waals surface area contributed by atoms with Gasteiger partial charge in [0.25, 0.3) is 0 Å². The number of amides is 2. The molecule has 0 unspecified atom stereocenters. The Bertz CT molecular complexity index is 499. The van der Waals surface area contributed by atoms with Crippen molar-refractivity contribution in [2.75, 3.05) is 18.0 Å². The van der Waals surface area contributed by atoms with Crippen LogP contribution in [0.5, 0.6) is 0 Å². The van der Waals surface area contributed by atoms with Crippen LogP contribution in [-0.4, -0.2) is 24.9 Å². The van der Waals surface area contributed by atoms with E-state index < -0.39 is 17.5 Å². The molecule has 1 saturated heterocycles. The molecule has 0 atom stereocenters. The van der Waals surface area contributed by atoms with Crippen LogP contribution < -0.4 is 10.2 Å². The first-order valence-electron chi connectivity index (χ1n) is 5.20. The van der Waals surface area contributed by atoms with Gasteiger partial charge in [-0.1, -0.05) is 0 Å². The van der Waals surface area contributed by atoms with E-state index in [0.717, 1.165) is 11.0 Å². The molecule has 4 nitrogen and oxygen atoms in total. The second-order valence-electron chi connectivity index (χ2n) is 3.79. The van der Waals surface area contributed by atoms with E-state index in [1.807, 2.05) is 0 Å². The lowest BCUT2D eigenvalue weighted by atomic mass is 10.2. The predicted molar refractivity (Wildman–Crippen MR) is 64.0 cm³/mol. The van der Waals surface area contributed by atoms with Gasteiger partial charge in [0, 0.05) is 23.5 Å². The molecule has 7 heteroatoms. The van der Waals surface area contributed by atoms with E-state index in [4.69, 9.17) is 0 Å². The molecule has 1 aliphatic rings. The summed E-state index contributed by atoms with van der Waals surface area (Å²) < 4.78 is 26.8. The van der Waals surface area contributed by atoms with Gasteiger partial charge in [-0.25, -0.2) is 8.78 Å². The fourth-order valence-electron chi connectivity index (χ4n) is 1.73. The highest BCUT2D eigenvalue weighted by Crippen LogP contribution is 2.31. The minimum absolute atomic E-state index is 0.0436. The van der Waals surface area contributed by atoms with Crippen molar-refractivity contribution in [2.45, 2.75) is 6.42 Å². The van der Waals surface area contributed by atoms with Crippen molar-refractivity contribution >= 4 is 33.4 Å². The molecule has 0 bridgehead atoms. The molecule has 96 valence electrons. The summed E-state index contributed by atoms with van der Waals surface area (Å²) in [6.45, 7) is -0.131. The number of anilines is 1. The standard InChI is InChI=1S/C11H9BrF2N2O2/c12-7-3-6(13)4-8(14)11(7)16-2-1-9(17)15-5-10(16)18/h3-4H,1-2,5H2,(H,15,17). The summed E-state index contributed by atoms with van der Waals surface area (Å²) in [5.74, 6) is -2.29. The topological polar surface area (TPSA) is 49.4 Å². The highest BCUT2D eigenvalue weighted by Gasteiger charge is 2.26. The number of carbonyl (C=O) groups excluding carboxylic acids is 2. The lowest BCUT2D eigenvalue weighted by Crippen LogP contribution is -2.36. The highest BCUT2D eigenvalue weighted by atomic mass is 79.9. The van der Waals surface area contributed by atoms with E-state index in [1.165, 1.54) is 0 Å². The first-order valence-corrected chi connectivity index (χ1v) is 6.00. The van der Waals surface area contributed by atoms with Crippen LogP contribution in [0.2, 0.25) is 0 Å². The second kappa shape index (κ2) is 5.01. The Balaban J connectivity index is 2.41. The number of carbonyl (C=O) groups is 2. The van der Waals surface area contributed by atoms with E-state index in [2.05, 4.69) is 21.2 Å². The molecular weight excluding hydrogens is 310 g/mol. The lowest BCUT2D eigenvalue weighted by molar-refractivity contribution is -0.123. The number of rotatable bonds is 1. The first-order chi connectivity index (χ1) is 8.49. The maximum atomic E-state index is 13.7. The van der Waals surface area contributed by atoms with Gasteiger partial charge in [-0.15, -0.1) is 0 Å². The molecule has 1 N–H and O–H groups in total. The van der Waals surface area contributed by atoms with E-state index >= 15 is 0 Å². The smallest absolute Gasteiger partial charge is 0.246 e. The molecule has 0 saturated carbocycles. The fraction of sp³-hybridized carbons (Fsp3) is 0.273. The zero-order valence-electron chi connectivity index (χ0n) is 9.17. The zero-order chi connectivity index (χ0) is 13.3. The molecule has 2 amide bonds.